The molecule has 0 amide bonds. The van der Waals surface area contributed by atoms with Crippen molar-refractivity contribution in [3.05, 3.63) is 29.3 Å². The van der Waals surface area contributed by atoms with Crippen LogP contribution in [0.2, 0.25) is 0 Å². The number of halogens is 2. The number of alkyl halides is 2. The molecule has 1 aromatic carbocycles. The number of methoxy groups -OCH3 is 1. The molecule has 16 heavy (non-hydrogen) atoms. The van der Waals surface area contributed by atoms with E-state index in [0.29, 0.717) is 24.2 Å². The van der Waals surface area contributed by atoms with Gasteiger partial charge in [-0.2, -0.15) is 0 Å². The fourth-order valence-corrected chi connectivity index (χ4v) is 1.52. The third kappa shape index (κ3) is 3.17. The molecule has 0 bridgehead atoms. The molecule has 0 radical (unpaired) electrons. The van der Waals surface area contributed by atoms with Crippen molar-refractivity contribution >= 4 is 0 Å². The molecule has 1 N–H and O–H groups in total. The number of aryl methyl sites for hydroxylation is 1. The molecule has 0 unspecified atom stereocenters. The molecule has 0 aliphatic carbocycles. The van der Waals surface area contributed by atoms with E-state index in [1.54, 1.807) is 6.07 Å². The van der Waals surface area contributed by atoms with Crippen LogP contribution in [0.5, 0.6) is 5.75 Å². The highest BCUT2D eigenvalue weighted by Crippen LogP contribution is 2.31. The molecule has 0 atom stereocenters. The second-order valence-corrected chi connectivity index (χ2v) is 3.74. The molecule has 4 heteroatoms. The van der Waals surface area contributed by atoms with Gasteiger partial charge in [0.2, 0.25) is 0 Å². The van der Waals surface area contributed by atoms with Crippen molar-refractivity contribution in [1.82, 2.24) is 0 Å². The molecule has 1 rings (SSSR count). The average molecular weight is 230 g/mol. The molecule has 0 spiro atoms. The quantitative estimate of drug-likeness (QED) is 0.842. The van der Waals surface area contributed by atoms with Crippen LogP contribution in [0.4, 0.5) is 8.78 Å². The summed E-state index contributed by atoms with van der Waals surface area (Å²) >= 11 is 0. The zero-order chi connectivity index (χ0) is 12.2. The Balaban J connectivity index is 3.01. The van der Waals surface area contributed by atoms with E-state index < -0.39 is 5.92 Å². The van der Waals surface area contributed by atoms with Crippen LogP contribution in [0.3, 0.4) is 0 Å². The predicted molar refractivity (Wildman–Crippen MR) is 58.0 cm³/mol. The highest BCUT2D eigenvalue weighted by molar-refractivity contribution is 5.38. The second-order valence-electron chi connectivity index (χ2n) is 3.74. The third-order valence-electron chi connectivity index (χ3n) is 2.39. The predicted octanol–water partition coefficient (Wildman–Crippen LogP) is 2.73. The van der Waals surface area contributed by atoms with Gasteiger partial charge in [0.15, 0.2) is 0 Å². The molecular weight excluding hydrogens is 214 g/mol. The molecular formula is C12H16F2O2. The molecule has 0 aliphatic heterocycles. The monoisotopic (exact) mass is 230 g/mol. The molecule has 0 fully saturated rings. The maximum Gasteiger partial charge on any atom is 0.270 e. The van der Waals surface area contributed by atoms with Gasteiger partial charge in [-0.25, -0.2) is 8.78 Å². The second kappa shape index (κ2) is 5.25. The van der Waals surface area contributed by atoms with Crippen molar-refractivity contribution < 1.29 is 18.6 Å². The first-order valence-corrected chi connectivity index (χ1v) is 5.15. The van der Waals surface area contributed by atoms with Crippen molar-refractivity contribution in [3.63, 3.8) is 0 Å². The van der Waals surface area contributed by atoms with Gasteiger partial charge >= 0.3 is 0 Å². The first-order chi connectivity index (χ1) is 7.49. The van der Waals surface area contributed by atoms with E-state index in [0.717, 1.165) is 6.92 Å². The molecule has 2 nitrogen and oxygen atoms in total. The van der Waals surface area contributed by atoms with E-state index in [1.807, 2.05) is 0 Å². The largest absolute Gasteiger partial charge is 0.496 e. The zero-order valence-electron chi connectivity index (χ0n) is 9.46. The first kappa shape index (κ1) is 12.9. The summed E-state index contributed by atoms with van der Waals surface area (Å²) in [6.07, 6.45) is 1.07. The summed E-state index contributed by atoms with van der Waals surface area (Å²) < 4.78 is 31.3. The number of aliphatic hydroxyl groups excluding tert-OH is 1. The van der Waals surface area contributed by atoms with Crippen molar-refractivity contribution in [1.29, 1.82) is 0 Å². The average Bonchev–Trinajstić information content (AvgIpc) is 2.24. The number of aliphatic hydroxyl groups is 1. The summed E-state index contributed by atoms with van der Waals surface area (Å²) in [5.74, 6) is -2.26. The minimum atomic E-state index is -2.85. The first-order valence-electron chi connectivity index (χ1n) is 5.15. The fourth-order valence-electron chi connectivity index (χ4n) is 1.52. The van der Waals surface area contributed by atoms with Crippen LogP contribution in [-0.4, -0.2) is 18.8 Å². The molecule has 0 saturated carbocycles. The zero-order valence-corrected chi connectivity index (χ0v) is 9.46. The standard InChI is InChI=1S/C12H16F2O2/c1-12(13,14)10-5-6-11(16-2)9(8-10)4-3-7-15/h5-6,8,15H,3-4,7H2,1-2H3. The molecule has 90 valence electrons. The van der Waals surface area contributed by atoms with E-state index in [4.69, 9.17) is 9.84 Å². The van der Waals surface area contributed by atoms with Crippen molar-refractivity contribution in [3.8, 4) is 5.75 Å². The van der Waals surface area contributed by atoms with E-state index in [1.165, 1.54) is 19.2 Å². The number of hydrogen-bond donors (Lipinski definition) is 1. The van der Waals surface area contributed by atoms with Gasteiger partial charge in [0.25, 0.3) is 5.92 Å². The van der Waals surface area contributed by atoms with Gasteiger partial charge in [0, 0.05) is 19.1 Å². The Hall–Kier alpha value is -1.16. The molecule has 0 heterocycles. The summed E-state index contributed by atoms with van der Waals surface area (Å²) in [5, 5.41) is 8.73. The van der Waals surface area contributed by atoms with E-state index in [9.17, 15) is 8.78 Å². The number of ether oxygens (including phenoxy) is 1. The van der Waals surface area contributed by atoms with Crippen LogP contribution >= 0.6 is 0 Å². The Morgan fingerprint density at radius 2 is 2.06 bits per heavy atom. The Kier molecular flexibility index (Phi) is 4.24. The summed E-state index contributed by atoms with van der Waals surface area (Å²) in [5.41, 5.74) is 0.678. The summed E-state index contributed by atoms with van der Waals surface area (Å²) in [6, 6.07) is 4.34. The summed E-state index contributed by atoms with van der Waals surface area (Å²) in [7, 11) is 1.50. The smallest absolute Gasteiger partial charge is 0.270 e. The highest BCUT2D eigenvalue weighted by Gasteiger charge is 2.25. The normalized spacial score (nSPS) is 11.6. The van der Waals surface area contributed by atoms with Crippen LogP contribution in [0.1, 0.15) is 24.5 Å². The Bertz CT molecular complexity index is 345. The van der Waals surface area contributed by atoms with Crippen LogP contribution in [0.15, 0.2) is 18.2 Å². The van der Waals surface area contributed by atoms with Crippen LogP contribution < -0.4 is 4.74 Å². The van der Waals surface area contributed by atoms with Crippen LogP contribution in [-0.2, 0) is 12.3 Å². The van der Waals surface area contributed by atoms with Gasteiger partial charge in [-0.05, 0) is 36.6 Å². The summed E-state index contributed by atoms with van der Waals surface area (Å²) in [6.45, 7) is 0.903. The Morgan fingerprint density at radius 1 is 1.38 bits per heavy atom. The van der Waals surface area contributed by atoms with Gasteiger partial charge < -0.3 is 9.84 Å². The van der Waals surface area contributed by atoms with Crippen molar-refractivity contribution in [2.24, 2.45) is 0 Å². The number of hydrogen-bond acceptors (Lipinski definition) is 2. The number of rotatable bonds is 5. The van der Waals surface area contributed by atoms with E-state index >= 15 is 0 Å². The van der Waals surface area contributed by atoms with E-state index in [2.05, 4.69) is 0 Å². The lowest BCUT2D eigenvalue weighted by Gasteiger charge is -2.14. The maximum absolute atomic E-state index is 13.1. The third-order valence-corrected chi connectivity index (χ3v) is 2.39. The minimum Gasteiger partial charge on any atom is -0.496 e. The molecule has 0 aliphatic rings. The van der Waals surface area contributed by atoms with E-state index in [-0.39, 0.29) is 12.2 Å². The van der Waals surface area contributed by atoms with Gasteiger partial charge in [-0.3, -0.25) is 0 Å². The van der Waals surface area contributed by atoms with Crippen molar-refractivity contribution in [2.45, 2.75) is 25.7 Å². The van der Waals surface area contributed by atoms with Gasteiger partial charge in [0.05, 0.1) is 7.11 Å². The lowest BCUT2D eigenvalue weighted by atomic mass is 10.0. The van der Waals surface area contributed by atoms with Crippen molar-refractivity contribution in [2.75, 3.05) is 13.7 Å². The minimum absolute atomic E-state index is 0.0266. The SMILES string of the molecule is COc1ccc(C(C)(F)F)cc1CCCO. The van der Waals surface area contributed by atoms with Crippen LogP contribution in [0, 0.1) is 0 Å². The summed E-state index contributed by atoms with van der Waals surface area (Å²) in [4.78, 5) is 0. The lowest BCUT2D eigenvalue weighted by molar-refractivity contribution is 0.0173. The molecule has 0 saturated heterocycles. The maximum atomic E-state index is 13.1. The number of benzene rings is 1. The van der Waals surface area contributed by atoms with Gasteiger partial charge in [-0.1, -0.05) is 0 Å². The fraction of sp³-hybridized carbons (Fsp3) is 0.500. The Morgan fingerprint density at radius 3 is 2.56 bits per heavy atom. The van der Waals surface area contributed by atoms with Crippen LogP contribution in [0.25, 0.3) is 0 Å². The van der Waals surface area contributed by atoms with Gasteiger partial charge in [0.1, 0.15) is 5.75 Å². The molecule has 0 aromatic heterocycles. The Labute approximate surface area is 93.9 Å². The highest BCUT2D eigenvalue weighted by atomic mass is 19.3. The van der Waals surface area contributed by atoms with Gasteiger partial charge in [-0.15, -0.1) is 0 Å². The topological polar surface area (TPSA) is 29.5 Å². The lowest BCUT2D eigenvalue weighted by Crippen LogP contribution is -2.08. The molecule has 1 aromatic rings.